The van der Waals surface area contributed by atoms with Crippen molar-refractivity contribution in [3.63, 3.8) is 0 Å². The van der Waals surface area contributed by atoms with E-state index in [1.807, 2.05) is 18.2 Å². The summed E-state index contributed by atoms with van der Waals surface area (Å²) >= 11 is 0. The maximum Gasteiger partial charge on any atom is 0.246 e. The van der Waals surface area contributed by atoms with E-state index >= 15 is 0 Å². The fraction of sp³-hybridized carbons (Fsp3) is 0.385. The molecule has 0 bridgehead atoms. The minimum Gasteiger partial charge on any atom is -0.393 e. The van der Waals surface area contributed by atoms with Crippen molar-refractivity contribution in [1.82, 2.24) is 9.88 Å². The Hall–Kier alpha value is -1.68. The summed E-state index contributed by atoms with van der Waals surface area (Å²) < 4.78 is 0. The number of nitrogens with zero attached hydrogens (tertiary/aromatic N) is 2. The highest BCUT2D eigenvalue weighted by Gasteiger charge is 2.19. The van der Waals surface area contributed by atoms with E-state index in [2.05, 4.69) is 4.98 Å². The van der Waals surface area contributed by atoms with Crippen LogP contribution in [-0.4, -0.2) is 40.1 Å². The van der Waals surface area contributed by atoms with E-state index in [0.29, 0.717) is 25.9 Å². The van der Waals surface area contributed by atoms with Crippen LogP contribution in [-0.2, 0) is 4.79 Å². The largest absolute Gasteiger partial charge is 0.393 e. The molecule has 1 aromatic heterocycles. The lowest BCUT2D eigenvalue weighted by Gasteiger charge is -2.28. The fourth-order valence-electron chi connectivity index (χ4n) is 1.82. The van der Waals surface area contributed by atoms with Crippen LogP contribution in [0, 0.1) is 0 Å². The van der Waals surface area contributed by atoms with Gasteiger partial charge in [0, 0.05) is 25.4 Å². The second kappa shape index (κ2) is 5.59. The number of aromatic nitrogens is 1. The lowest BCUT2D eigenvalue weighted by molar-refractivity contribution is -0.127. The third-order valence-corrected chi connectivity index (χ3v) is 2.86. The maximum absolute atomic E-state index is 11.8. The number of likely N-dealkylation sites (tertiary alicyclic amines) is 1. The fourth-order valence-corrected chi connectivity index (χ4v) is 1.82. The Balaban J connectivity index is 1.91. The van der Waals surface area contributed by atoms with Crippen molar-refractivity contribution in [2.24, 2.45) is 0 Å². The molecule has 4 nitrogen and oxygen atoms in total. The molecule has 1 N–H and O–H groups in total. The van der Waals surface area contributed by atoms with Gasteiger partial charge in [-0.05, 0) is 31.1 Å². The quantitative estimate of drug-likeness (QED) is 0.776. The SMILES string of the molecule is O=C(/C=C/c1ccccn1)N1CCC(O)CC1. The van der Waals surface area contributed by atoms with Crippen LogP contribution in [0.2, 0.25) is 0 Å². The van der Waals surface area contributed by atoms with E-state index in [1.165, 1.54) is 0 Å². The van der Waals surface area contributed by atoms with Crippen LogP contribution in [0.1, 0.15) is 18.5 Å². The van der Waals surface area contributed by atoms with Gasteiger partial charge in [0.2, 0.25) is 5.91 Å². The molecule has 0 atom stereocenters. The summed E-state index contributed by atoms with van der Waals surface area (Å²) in [7, 11) is 0. The highest BCUT2D eigenvalue weighted by Crippen LogP contribution is 2.10. The van der Waals surface area contributed by atoms with Crippen LogP contribution >= 0.6 is 0 Å². The molecule has 0 spiro atoms. The molecule has 1 aliphatic rings. The summed E-state index contributed by atoms with van der Waals surface area (Å²) in [5.41, 5.74) is 0.776. The molecule has 2 rings (SSSR count). The van der Waals surface area contributed by atoms with Gasteiger partial charge in [-0.15, -0.1) is 0 Å². The van der Waals surface area contributed by atoms with Gasteiger partial charge in [0.25, 0.3) is 0 Å². The second-order valence-corrected chi connectivity index (χ2v) is 4.14. The first kappa shape index (κ1) is 11.8. The number of hydrogen-bond acceptors (Lipinski definition) is 3. The molecule has 0 aliphatic carbocycles. The first-order valence-corrected chi connectivity index (χ1v) is 5.82. The van der Waals surface area contributed by atoms with Gasteiger partial charge in [-0.3, -0.25) is 9.78 Å². The van der Waals surface area contributed by atoms with Gasteiger partial charge >= 0.3 is 0 Å². The zero-order valence-corrected chi connectivity index (χ0v) is 9.62. The molecule has 17 heavy (non-hydrogen) atoms. The average Bonchev–Trinajstić information content (AvgIpc) is 2.38. The Morgan fingerprint density at radius 3 is 2.82 bits per heavy atom. The smallest absolute Gasteiger partial charge is 0.246 e. The zero-order chi connectivity index (χ0) is 12.1. The Bertz CT molecular complexity index is 395. The van der Waals surface area contributed by atoms with Crippen LogP contribution in [0.15, 0.2) is 30.5 Å². The Morgan fingerprint density at radius 2 is 2.18 bits per heavy atom. The molecule has 90 valence electrons. The molecule has 1 amide bonds. The van der Waals surface area contributed by atoms with Crippen LogP contribution < -0.4 is 0 Å². The first-order chi connectivity index (χ1) is 8.25. The van der Waals surface area contributed by atoms with Gasteiger partial charge in [-0.2, -0.15) is 0 Å². The lowest BCUT2D eigenvalue weighted by Crippen LogP contribution is -2.39. The Kier molecular flexibility index (Phi) is 3.88. The van der Waals surface area contributed by atoms with Crippen molar-refractivity contribution in [3.8, 4) is 0 Å². The van der Waals surface area contributed by atoms with E-state index < -0.39 is 0 Å². The molecule has 1 aliphatic heterocycles. The van der Waals surface area contributed by atoms with Crippen LogP contribution in [0.4, 0.5) is 0 Å². The van der Waals surface area contributed by atoms with Gasteiger partial charge in [0.15, 0.2) is 0 Å². The monoisotopic (exact) mass is 232 g/mol. The molecule has 1 fully saturated rings. The summed E-state index contributed by atoms with van der Waals surface area (Å²) in [5.74, 6) is -0.0115. The minimum absolute atomic E-state index is 0.0115. The number of pyridine rings is 1. The molecule has 0 radical (unpaired) electrons. The van der Waals surface area contributed by atoms with Gasteiger partial charge in [0.1, 0.15) is 0 Å². The molecular weight excluding hydrogens is 216 g/mol. The molecule has 0 unspecified atom stereocenters. The van der Waals surface area contributed by atoms with E-state index in [4.69, 9.17) is 0 Å². The van der Waals surface area contributed by atoms with Gasteiger partial charge in [-0.1, -0.05) is 6.07 Å². The molecular formula is C13H16N2O2. The van der Waals surface area contributed by atoms with E-state index in [0.717, 1.165) is 5.69 Å². The van der Waals surface area contributed by atoms with Crippen LogP contribution in [0.3, 0.4) is 0 Å². The highest BCUT2D eigenvalue weighted by molar-refractivity contribution is 5.91. The number of piperidine rings is 1. The predicted molar refractivity (Wildman–Crippen MR) is 65.1 cm³/mol. The molecule has 0 aromatic carbocycles. The predicted octanol–water partition coefficient (Wildman–Crippen LogP) is 1.08. The van der Waals surface area contributed by atoms with Gasteiger partial charge in [0.05, 0.1) is 11.8 Å². The van der Waals surface area contributed by atoms with Crippen molar-refractivity contribution >= 4 is 12.0 Å². The van der Waals surface area contributed by atoms with E-state index in [-0.39, 0.29) is 12.0 Å². The summed E-state index contributed by atoms with van der Waals surface area (Å²) in [6.45, 7) is 1.26. The van der Waals surface area contributed by atoms with Gasteiger partial charge < -0.3 is 10.0 Å². The number of aliphatic hydroxyl groups is 1. The summed E-state index contributed by atoms with van der Waals surface area (Å²) in [6, 6.07) is 5.57. The summed E-state index contributed by atoms with van der Waals surface area (Å²) in [5, 5.41) is 9.35. The normalized spacial score (nSPS) is 17.6. The third-order valence-electron chi connectivity index (χ3n) is 2.86. The van der Waals surface area contributed by atoms with Crippen LogP contribution in [0.5, 0.6) is 0 Å². The molecule has 2 heterocycles. The van der Waals surface area contributed by atoms with Crippen molar-refractivity contribution in [2.75, 3.05) is 13.1 Å². The number of rotatable bonds is 2. The minimum atomic E-state index is -0.251. The molecule has 1 aromatic rings. The summed E-state index contributed by atoms with van der Waals surface area (Å²) in [4.78, 5) is 17.7. The van der Waals surface area contributed by atoms with Crippen molar-refractivity contribution in [3.05, 3.63) is 36.2 Å². The third kappa shape index (κ3) is 3.39. The average molecular weight is 232 g/mol. The number of carbonyl (C=O) groups excluding carboxylic acids is 1. The number of hydrogen-bond donors (Lipinski definition) is 1. The Labute approximate surface area is 101 Å². The van der Waals surface area contributed by atoms with Gasteiger partial charge in [-0.25, -0.2) is 0 Å². The first-order valence-electron chi connectivity index (χ1n) is 5.82. The maximum atomic E-state index is 11.8. The summed E-state index contributed by atoms with van der Waals surface area (Å²) in [6.07, 6.45) is 6.04. The van der Waals surface area contributed by atoms with Crippen molar-refractivity contribution in [1.29, 1.82) is 0 Å². The highest BCUT2D eigenvalue weighted by atomic mass is 16.3. The molecule has 4 heteroatoms. The van der Waals surface area contributed by atoms with E-state index in [1.54, 1.807) is 23.2 Å². The second-order valence-electron chi connectivity index (χ2n) is 4.14. The molecule has 1 saturated heterocycles. The number of carbonyl (C=O) groups is 1. The van der Waals surface area contributed by atoms with Crippen LogP contribution in [0.25, 0.3) is 6.08 Å². The van der Waals surface area contributed by atoms with Crippen molar-refractivity contribution in [2.45, 2.75) is 18.9 Å². The number of amides is 1. The number of aliphatic hydroxyl groups excluding tert-OH is 1. The van der Waals surface area contributed by atoms with Crippen molar-refractivity contribution < 1.29 is 9.90 Å². The Morgan fingerprint density at radius 1 is 1.41 bits per heavy atom. The molecule has 0 saturated carbocycles. The topological polar surface area (TPSA) is 53.4 Å². The lowest BCUT2D eigenvalue weighted by atomic mass is 10.1. The zero-order valence-electron chi connectivity index (χ0n) is 9.62. The van der Waals surface area contributed by atoms with E-state index in [9.17, 15) is 9.90 Å². The standard InChI is InChI=1S/C13H16N2O2/c16-12-6-9-15(10-7-12)13(17)5-4-11-3-1-2-8-14-11/h1-5,8,12,16H,6-7,9-10H2/b5-4+.